The van der Waals surface area contributed by atoms with E-state index in [1.54, 1.807) is 11.1 Å². The number of carbonyl (C=O) groups is 1. The van der Waals surface area contributed by atoms with E-state index in [9.17, 15) is 4.79 Å². The van der Waals surface area contributed by atoms with E-state index in [-0.39, 0.29) is 0 Å². The van der Waals surface area contributed by atoms with Crippen molar-refractivity contribution in [2.45, 2.75) is 56.8 Å². The van der Waals surface area contributed by atoms with Gasteiger partial charge >= 0.3 is 5.97 Å². The van der Waals surface area contributed by atoms with Crippen LogP contribution in [-0.2, 0) is 16.6 Å². The minimum absolute atomic E-state index is 0.307. The summed E-state index contributed by atoms with van der Waals surface area (Å²) < 4.78 is 0. The molecule has 0 bridgehead atoms. The van der Waals surface area contributed by atoms with Crippen LogP contribution in [0.1, 0.15) is 56.1 Å². The van der Waals surface area contributed by atoms with Gasteiger partial charge in [-0.2, -0.15) is 0 Å². The number of piperidine rings is 1. The van der Waals surface area contributed by atoms with Gasteiger partial charge < -0.3 is 10.0 Å². The van der Waals surface area contributed by atoms with Gasteiger partial charge in [0.1, 0.15) is 0 Å². The van der Waals surface area contributed by atoms with E-state index >= 15 is 0 Å². The number of hydrogen-bond acceptors (Lipinski definition) is 2. The minimum atomic E-state index is -0.670. The maximum Gasteiger partial charge on any atom is 0.303 e. The molecule has 1 aliphatic carbocycles. The highest BCUT2D eigenvalue weighted by Crippen LogP contribution is 2.43. The highest BCUT2D eigenvalue weighted by atomic mass is 16.4. The van der Waals surface area contributed by atoms with E-state index in [1.165, 1.54) is 38.6 Å². The van der Waals surface area contributed by atoms with Crippen LogP contribution < -0.4 is 0 Å². The molecule has 1 unspecified atom stereocenters. The lowest BCUT2D eigenvalue weighted by Crippen LogP contribution is -2.48. The van der Waals surface area contributed by atoms with Crippen LogP contribution >= 0.6 is 0 Å². The number of fused-ring (bicyclic) bond motifs is 2. The molecule has 1 spiro atoms. The molecular formula is C19H27NO2. The van der Waals surface area contributed by atoms with Crippen molar-refractivity contribution >= 4 is 5.97 Å². The Morgan fingerprint density at radius 2 is 2.00 bits per heavy atom. The Morgan fingerprint density at radius 1 is 1.18 bits per heavy atom. The average Bonchev–Trinajstić information content (AvgIpc) is 2.52. The summed E-state index contributed by atoms with van der Waals surface area (Å²) in [6.45, 7) is 3.39. The molecule has 1 aromatic rings. The summed E-state index contributed by atoms with van der Waals surface area (Å²) in [6.07, 6.45) is 8.56. The van der Waals surface area contributed by atoms with Crippen LogP contribution in [0.4, 0.5) is 0 Å². The van der Waals surface area contributed by atoms with Crippen LogP contribution in [0.15, 0.2) is 24.3 Å². The molecule has 120 valence electrons. The Kier molecular flexibility index (Phi) is 4.82. The van der Waals surface area contributed by atoms with Gasteiger partial charge in [0.05, 0.1) is 0 Å². The van der Waals surface area contributed by atoms with Gasteiger partial charge in [-0.05, 0) is 69.2 Å². The summed E-state index contributed by atoms with van der Waals surface area (Å²) in [5.74, 6) is -0.670. The van der Waals surface area contributed by atoms with Gasteiger partial charge in [0, 0.05) is 18.4 Å². The zero-order valence-electron chi connectivity index (χ0n) is 13.4. The summed E-state index contributed by atoms with van der Waals surface area (Å²) in [6, 6.07) is 9.02. The summed E-state index contributed by atoms with van der Waals surface area (Å²) in [7, 11) is 0. The van der Waals surface area contributed by atoms with Crippen molar-refractivity contribution in [2.24, 2.45) is 0 Å². The van der Waals surface area contributed by atoms with Crippen LogP contribution in [-0.4, -0.2) is 35.6 Å². The maximum atomic E-state index is 10.6. The fourth-order valence-corrected chi connectivity index (χ4v) is 4.46. The summed E-state index contributed by atoms with van der Waals surface area (Å²) in [4.78, 5) is 13.2. The van der Waals surface area contributed by atoms with E-state index in [0.717, 1.165) is 25.9 Å². The largest absolute Gasteiger partial charge is 0.481 e. The first-order valence-corrected chi connectivity index (χ1v) is 8.72. The van der Waals surface area contributed by atoms with Crippen LogP contribution in [0.2, 0.25) is 0 Å². The normalized spacial score (nSPS) is 25.1. The van der Waals surface area contributed by atoms with Gasteiger partial charge in [-0.1, -0.05) is 24.3 Å². The van der Waals surface area contributed by atoms with Crippen LogP contribution in [0.3, 0.4) is 0 Å². The Balaban J connectivity index is 1.64. The Hall–Kier alpha value is -1.35. The number of benzene rings is 1. The second kappa shape index (κ2) is 6.82. The third-order valence-electron chi connectivity index (χ3n) is 5.46. The SMILES string of the molecule is O=C(O)CCCCN1CCCC2(CCCc3ccccc32)C1. The van der Waals surface area contributed by atoms with Crippen LogP contribution in [0, 0.1) is 0 Å². The topological polar surface area (TPSA) is 40.5 Å². The fraction of sp³-hybridized carbons (Fsp3) is 0.632. The van der Waals surface area contributed by atoms with Gasteiger partial charge in [0.15, 0.2) is 0 Å². The number of aryl methyl sites for hydroxylation is 1. The molecule has 0 aromatic heterocycles. The highest BCUT2D eigenvalue weighted by molar-refractivity contribution is 5.66. The molecule has 3 rings (SSSR count). The Morgan fingerprint density at radius 3 is 2.86 bits per heavy atom. The van der Waals surface area contributed by atoms with Crippen molar-refractivity contribution in [3.63, 3.8) is 0 Å². The smallest absolute Gasteiger partial charge is 0.303 e. The number of rotatable bonds is 5. The molecule has 1 saturated heterocycles. The molecule has 1 aromatic carbocycles. The molecule has 2 aliphatic rings. The second-order valence-electron chi connectivity index (χ2n) is 7.02. The number of likely N-dealkylation sites (tertiary alicyclic amines) is 1. The van der Waals surface area contributed by atoms with Gasteiger partial charge in [0.2, 0.25) is 0 Å². The number of carboxylic acids is 1. The van der Waals surface area contributed by atoms with Crippen molar-refractivity contribution in [3.05, 3.63) is 35.4 Å². The lowest BCUT2D eigenvalue weighted by Gasteiger charge is -2.46. The van der Waals surface area contributed by atoms with Crippen molar-refractivity contribution in [3.8, 4) is 0 Å². The standard InChI is InChI=1S/C19H27NO2/c21-18(22)10-3-4-13-20-14-6-12-19(15-20)11-5-8-16-7-1-2-9-17(16)19/h1-2,7,9H,3-6,8,10-15H2,(H,21,22). The number of aliphatic carboxylic acids is 1. The van der Waals surface area contributed by atoms with E-state index in [2.05, 4.69) is 29.2 Å². The number of carboxylic acid groups (broad SMARTS) is 1. The van der Waals surface area contributed by atoms with Gasteiger partial charge in [-0.15, -0.1) is 0 Å². The molecule has 1 heterocycles. The molecule has 1 fully saturated rings. The molecule has 22 heavy (non-hydrogen) atoms. The van der Waals surface area contributed by atoms with Crippen molar-refractivity contribution in [2.75, 3.05) is 19.6 Å². The predicted molar refractivity (Wildman–Crippen MR) is 88.2 cm³/mol. The van der Waals surface area contributed by atoms with Crippen molar-refractivity contribution in [1.82, 2.24) is 4.90 Å². The Bertz CT molecular complexity index is 528. The molecular weight excluding hydrogens is 274 g/mol. The van der Waals surface area contributed by atoms with E-state index in [4.69, 9.17) is 5.11 Å². The Labute approximate surface area is 133 Å². The lowest BCUT2D eigenvalue weighted by molar-refractivity contribution is -0.137. The van der Waals surface area contributed by atoms with Crippen LogP contribution in [0.5, 0.6) is 0 Å². The first-order chi connectivity index (χ1) is 10.7. The number of nitrogens with zero attached hydrogens (tertiary/aromatic N) is 1. The van der Waals surface area contributed by atoms with Crippen molar-refractivity contribution < 1.29 is 9.90 Å². The lowest BCUT2D eigenvalue weighted by atomic mass is 9.66. The van der Waals surface area contributed by atoms with Gasteiger partial charge in [-0.25, -0.2) is 0 Å². The van der Waals surface area contributed by atoms with E-state index in [1.807, 2.05) is 0 Å². The summed E-state index contributed by atoms with van der Waals surface area (Å²) >= 11 is 0. The first-order valence-electron chi connectivity index (χ1n) is 8.72. The summed E-state index contributed by atoms with van der Waals surface area (Å²) in [5, 5.41) is 8.74. The molecule has 1 aliphatic heterocycles. The first kappa shape index (κ1) is 15.5. The molecule has 3 nitrogen and oxygen atoms in total. The highest BCUT2D eigenvalue weighted by Gasteiger charge is 2.39. The number of unbranched alkanes of at least 4 members (excludes halogenated alkanes) is 1. The number of hydrogen-bond donors (Lipinski definition) is 1. The maximum absolute atomic E-state index is 10.6. The molecule has 0 radical (unpaired) electrons. The minimum Gasteiger partial charge on any atom is -0.481 e. The zero-order chi connectivity index (χ0) is 15.4. The third-order valence-corrected chi connectivity index (χ3v) is 5.46. The third kappa shape index (κ3) is 3.35. The van der Waals surface area contributed by atoms with Gasteiger partial charge in [0.25, 0.3) is 0 Å². The summed E-state index contributed by atoms with van der Waals surface area (Å²) in [5.41, 5.74) is 3.51. The second-order valence-corrected chi connectivity index (χ2v) is 7.02. The van der Waals surface area contributed by atoms with Gasteiger partial charge in [-0.3, -0.25) is 4.79 Å². The van der Waals surface area contributed by atoms with Crippen molar-refractivity contribution in [1.29, 1.82) is 0 Å². The molecule has 3 heteroatoms. The zero-order valence-corrected chi connectivity index (χ0v) is 13.4. The fourth-order valence-electron chi connectivity index (χ4n) is 4.46. The average molecular weight is 301 g/mol. The molecule has 0 amide bonds. The molecule has 1 atom stereocenters. The van der Waals surface area contributed by atoms with E-state index in [0.29, 0.717) is 11.8 Å². The predicted octanol–water partition coefficient (Wildman–Crippen LogP) is 3.61. The van der Waals surface area contributed by atoms with E-state index < -0.39 is 5.97 Å². The molecule has 1 N–H and O–H groups in total. The quantitative estimate of drug-likeness (QED) is 0.845. The van der Waals surface area contributed by atoms with Crippen LogP contribution in [0.25, 0.3) is 0 Å². The monoisotopic (exact) mass is 301 g/mol. The molecule has 0 saturated carbocycles.